The van der Waals surface area contributed by atoms with Gasteiger partial charge in [-0.25, -0.2) is 0 Å². The van der Waals surface area contributed by atoms with Crippen molar-refractivity contribution in [1.29, 1.82) is 0 Å². The average molecular weight is 385 g/mol. The molecule has 0 aliphatic heterocycles. The highest BCUT2D eigenvalue weighted by molar-refractivity contribution is 5.95. The predicted molar refractivity (Wildman–Crippen MR) is 111 cm³/mol. The highest BCUT2D eigenvalue weighted by Gasteiger charge is 2.07. The Balaban J connectivity index is 1.77. The zero-order chi connectivity index (χ0) is 20.4. The zero-order valence-corrected chi connectivity index (χ0v) is 16.5. The molecule has 0 spiro atoms. The molecule has 0 fully saturated rings. The van der Waals surface area contributed by atoms with E-state index < -0.39 is 0 Å². The van der Waals surface area contributed by atoms with Crippen molar-refractivity contribution < 1.29 is 19.1 Å². The maximum atomic E-state index is 12.1. The van der Waals surface area contributed by atoms with Gasteiger partial charge < -0.3 is 25.4 Å². The molecule has 2 amide bonds. The smallest absolute Gasteiger partial charge is 0.243 e. The number of benzene rings is 2. The number of nitrogens with one attached hydrogen (secondary N) is 3. The van der Waals surface area contributed by atoms with Crippen molar-refractivity contribution in [2.75, 3.05) is 42.8 Å². The molecule has 0 saturated heterocycles. The van der Waals surface area contributed by atoms with E-state index in [0.29, 0.717) is 24.6 Å². The molecule has 0 aliphatic carbocycles. The van der Waals surface area contributed by atoms with Gasteiger partial charge in [0.05, 0.1) is 13.2 Å². The third kappa shape index (κ3) is 7.28. The molecule has 7 heteroatoms. The fourth-order valence-electron chi connectivity index (χ4n) is 2.22. The molecule has 0 unspecified atom stereocenters. The van der Waals surface area contributed by atoms with E-state index in [9.17, 15) is 9.59 Å². The van der Waals surface area contributed by atoms with Crippen molar-refractivity contribution in [3.8, 4) is 5.75 Å². The maximum absolute atomic E-state index is 12.1. The van der Waals surface area contributed by atoms with Crippen LogP contribution in [0.25, 0.3) is 0 Å². The second kappa shape index (κ2) is 10.9. The van der Waals surface area contributed by atoms with E-state index >= 15 is 0 Å². The summed E-state index contributed by atoms with van der Waals surface area (Å²) in [5.74, 6) is 0.448. The SMILES string of the molecule is COCCOc1ccc(NCC(=O)Nc2ccc(NC(=O)C(C)C)cc2)cc1. The van der Waals surface area contributed by atoms with E-state index in [0.717, 1.165) is 11.4 Å². The summed E-state index contributed by atoms with van der Waals surface area (Å²) in [5.41, 5.74) is 2.18. The van der Waals surface area contributed by atoms with E-state index in [2.05, 4.69) is 16.0 Å². The molecule has 2 aromatic rings. The maximum Gasteiger partial charge on any atom is 0.243 e. The van der Waals surface area contributed by atoms with Crippen LogP contribution in [-0.4, -0.2) is 38.7 Å². The monoisotopic (exact) mass is 385 g/mol. The van der Waals surface area contributed by atoms with Crippen molar-refractivity contribution in [2.45, 2.75) is 13.8 Å². The normalized spacial score (nSPS) is 10.4. The largest absolute Gasteiger partial charge is 0.491 e. The molecule has 0 atom stereocenters. The highest BCUT2D eigenvalue weighted by Crippen LogP contribution is 2.16. The van der Waals surface area contributed by atoms with Gasteiger partial charge >= 0.3 is 0 Å². The molecule has 150 valence electrons. The lowest BCUT2D eigenvalue weighted by Crippen LogP contribution is -2.21. The number of ether oxygens (including phenoxy) is 2. The Hall–Kier alpha value is -3.06. The van der Waals surface area contributed by atoms with Gasteiger partial charge in [-0.1, -0.05) is 13.8 Å². The summed E-state index contributed by atoms with van der Waals surface area (Å²) in [7, 11) is 1.63. The summed E-state index contributed by atoms with van der Waals surface area (Å²) in [6.07, 6.45) is 0. The van der Waals surface area contributed by atoms with Gasteiger partial charge in [-0.15, -0.1) is 0 Å². The Kier molecular flexibility index (Phi) is 8.30. The number of hydrogen-bond acceptors (Lipinski definition) is 5. The molecule has 0 aliphatic rings. The standard InChI is InChI=1S/C21H27N3O4/c1-15(2)21(26)24-18-6-4-17(5-7-18)23-20(25)14-22-16-8-10-19(11-9-16)28-13-12-27-3/h4-11,15,22H,12-14H2,1-3H3,(H,23,25)(H,24,26). The minimum absolute atomic E-state index is 0.0453. The van der Waals surface area contributed by atoms with Crippen LogP contribution in [0, 0.1) is 5.92 Å². The fourth-order valence-corrected chi connectivity index (χ4v) is 2.22. The van der Waals surface area contributed by atoms with E-state index in [4.69, 9.17) is 9.47 Å². The van der Waals surface area contributed by atoms with Gasteiger partial charge in [0.1, 0.15) is 12.4 Å². The lowest BCUT2D eigenvalue weighted by atomic mass is 10.2. The second-order valence-electron chi connectivity index (χ2n) is 6.49. The molecule has 2 rings (SSSR count). The predicted octanol–water partition coefficient (Wildman–Crippen LogP) is 3.36. The zero-order valence-electron chi connectivity index (χ0n) is 16.5. The van der Waals surface area contributed by atoms with Gasteiger partial charge in [-0.05, 0) is 48.5 Å². The molecule has 28 heavy (non-hydrogen) atoms. The van der Waals surface area contributed by atoms with Crippen molar-refractivity contribution in [3.63, 3.8) is 0 Å². The number of hydrogen-bond donors (Lipinski definition) is 3. The number of amides is 2. The summed E-state index contributed by atoms with van der Waals surface area (Å²) >= 11 is 0. The number of anilines is 3. The third-order valence-electron chi connectivity index (χ3n) is 3.82. The van der Waals surface area contributed by atoms with Gasteiger partial charge in [0, 0.05) is 30.1 Å². The number of carbonyl (C=O) groups excluding carboxylic acids is 2. The van der Waals surface area contributed by atoms with Gasteiger partial charge in [0.15, 0.2) is 0 Å². The van der Waals surface area contributed by atoms with Crippen LogP contribution in [0.1, 0.15) is 13.8 Å². The molecule has 0 saturated carbocycles. The third-order valence-corrected chi connectivity index (χ3v) is 3.82. The van der Waals surface area contributed by atoms with Gasteiger partial charge in [-0.3, -0.25) is 9.59 Å². The van der Waals surface area contributed by atoms with Crippen LogP contribution >= 0.6 is 0 Å². The topological polar surface area (TPSA) is 88.7 Å². The van der Waals surface area contributed by atoms with E-state index in [1.54, 1.807) is 31.4 Å². The Labute approximate surface area is 165 Å². The molecule has 3 N–H and O–H groups in total. The van der Waals surface area contributed by atoms with Crippen LogP contribution in [-0.2, 0) is 14.3 Å². The van der Waals surface area contributed by atoms with Gasteiger partial charge in [0.2, 0.25) is 11.8 Å². The lowest BCUT2D eigenvalue weighted by molar-refractivity contribution is -0.119. The molecule has 0 heterocycles. The Morgan fingerprint density at radius 1 is 0.857 bits per heavy atom. The second-order valence-corrected chi connectivity index (χ2v) is 6.49. The molecule has 0 aromatic heterocycles. The summed E-state index contributed by atoms with van der Waals surface area (Å²) in [6.45, 7) is 4.82. The molecule has 0 radical (unpaired) electrons. The number of rotatable bonds is 10. The first-order valence-corrected chi connectivity index (χ1v) is 9.14. The molecular formula is C21H27N3O4. The minimum atomic E-state index is -0.167. The van der Waals surface area contributed by atoms with Crippen LogP contribution in [0.2, 0.25) is 0 Å². The summed E-state index contributed by atoms with van der Waals surface area (Å²) in [6, 6.07) is 14.4. The number of carbonyl (C=O) groups is 2. The highest BCUT2D eigenvalue weighted by atomic mass is 16.5. The Morgan fingerprint density at radius 3 is 2.00 bits per heavy atom. The molecule has 2 aromatic carbocycles. The van der Waals surface area contributed by atoms with Crippen LogP contribution in [0.3, 0.4) is 0 Å². The Bertz CT molecular complexity index is 758. The first-order valence-electron chi connectivity index (χ1n) is 9.14. The number of methoxy groups -OCH3 is 1. The fraction of sp³-hybridized carbons (Fsp3) is 0.333. The van der Waals surface area contributed by atoms with Crippen LogP contribution < -0.4 is 20.7 Å². The van der Waals surface area contributed by atoms with Crippen molar-refractivity contribution in [1.82, 2.24) is 0 Å². The summed E-state index contributed by atoms with van der Waals surface area (Å²) < 4.78 is 10.4. The molecule has 7 nitrogen and oxygen atoms in total. The van der Waals surface area contributed by atoms with Gasteiger partial charge in [0.25, 0.3) is 0 Å². The Morgan fingerprint density at radius 2 is 1.43 bits per heavy atom. The van der Waals surface area contributed by atoms with E-state index in [-0.39, 0.29) is 24.3 Å². The van der Waals surface area contributed by atoms with Gasteiger partial charge in [-0.2, -0.15) is 0 Å². The van der Waals surface area contributed by atoms with Crippen molar-refractivity contribution >= 4 is 28.9 Å². The summed E-state index contributed by atoms with van der Waals surface area (Å²) in [4.78, 5) is 23.8. The van der Waals surface area contributed by atoms with Crippen LogP contribution in [0.4, 0.5) is 17.1 Å². The summed E-state index contributed by atoms with van der Waals surface area (Å²) in [5, 5.41) is 8.68. The van der Waals surface area contributed by atoms with Crippen molar-refractivity contribution in [3.05, 3.63) is 48.5 Å². The van der Waals surface area contributed by atoms with E-state index in [1.807, 2.05) is 38.1 Å². The van der Waals surface area contributed by atoms with Crippen molar-refractivity contribution in [2.24, 2.45) is 5.92 Å². The first-order chi connectivity index (χ1) is 13.5. The van der Waals surface area contributed by atoms with E-state index in [1.165, 1.54) is 0 Å². The lowest BCUT2D eigenvalue weighted by Gasteiger charge is -2.11. The molecular weight excluding hydrogens is 358 g/mol. The quantitative estimate of drug-likeness (QED) is 0.546. The van der Waals surface area contributed by atoms with Crippen LogP contribution in [0.5, 0.6) is 5.75 Å². The first kappa shape index (κ1) is 21.2. The van der Waals surface area contributed by atoms with Crippen LogP contribution in [0.15, 0.2) is 48.5 Å². The average Bonchev–Trinajstić information content (AvgIpc) is 2.69. The minimum Gasteiger partial charge on any atom is -0.491 e. The molecule has 0 bridgehead atoms.